The van der Waals surface area contributed by atoms with Crippen LogP contribution in [0.3, 0.4) is 0 Å². The van der Waals surface area contributed by atoms with Gasteiger partial charge in [-0.05, 0) is 43.2 Å². The predicted octanol–water partition coefficient (Wildman–Crippen LogP) is 0.529. The molecule has 1 amide bonds. The van der Waals surface area contributed by atoms with Gasteiger partial charge in [0.2, 0.25) is 0 Å². The van der Waals surface area contributed by atoms with E-state index in [1.807, 2.05) is 0 Å². The Balaban J connectivity index is 1.50. The van der Waals surface area contributed by atoms with Gasteiger partial charge in [0.25, 0.3) is 17.0 Å². The third kappa shape index (κ3) is 3.97. The van der Waals surface area contributed by atoms with Crippen molar-refractivity contribution < 1.29 is 9.18 Å². The molecule has 1 aromatic carbocycles. The molecular weight excluding hydrogens is 393 g/mol. The van der Waals surface area contributed by atoms with Crippen LogP contribution in [0.1, 0.15) is 34.8 Å². The Kier molecular flexibility index (Phi) is 5.13. The molecule has 2 heterocycles. The number of hydrogen-bond donors (Lipinski definition) is 2. The zero-order valence-corrected chi connectivity index (χ0v) is 15.8. The van der Waals surface area contributed by atoms with Crippen LogP contribution in [0.2, 0.25) is 0 Å². The van der Waals surface area contributed by atoms with Gasteiger partial charge in [0.05, 0.1) is 17.9 Å². The molecule has 0 bridgehead atoms. The summed E-state index contributed by atoms with van der Waals surface area (Å²) < 4.78 is 15.1. The summed E-state index contributed by atoms with van der Waals surface area (Å²) >= 11 is 0. The fourth-order valence-corrected chi connectivity index (χ4v) is 3.05. The second kappa shape index (κ2) is 7.90. The number of aromatic nitrogens is 4. The molecule has 0 unspecified atom stereocenters. The molecule has 0 radical (unpaired) electrons. The third-order valence-electron chi connectivity index (χ3n) is 4.80. The average Bonchev–Trinajstić information content (AvgIpc) is 3.56. The molecule has 0 atom stereocenters. The second-order valence-corrected chi connectivity index (χ2v) is 6.97. The van der Waals surface area contributed by atoms with Gasteiger partial charge in [-0.3, -0.25) is 14.4 Å². The number of halogens is 1. The van der Waals surface area contributed by atoms with E-state index < -0.39 is 23.0 Å². The highest BCUT2D eigenvalue weighted by molar-refractivity contribution is 5.93. The number of H-pyrrole nitrogens is 1. The highest BCUT2D eigenvalue weighted by Gasteiger charge is 2.25. The van der Waals surface area contributed by atoms with Gasteiger partial charge < -0.3 is 10.3 Å². The smallest absolute Gasteiger partial charge is 0.333 e. The molecule has 2 N–H and O–H groups in total. The van der Waals surface area contributed by atoms with E-state index in [0.29, 0.717) is 5.92 Å². The number of aromatic amines is 1. The molecule has 0 saturated heterocycles. The number of rotatable bonds is 6. The van der Waals surface area contributed by atoms with Gasteiger partial charge in [-0.2, -0.15) is 5.10 Å². The summed E-state index contributed by atoms with van der Waals surface area (Å²) in [5.74, 6) is -0.845. The quantitative estimate of drug-likeness (QED) is 0.613. The maximum Gasteiger partial charge on any atom is 0.333 e. The Morgan fingerprint density at radius 3 is 2.57 bits per heavy atom. The Hall–Kier alpha value is -3.82. The molecule has 1 aliphatic carbocycles. The minimum absolute atomic E-state index is 0.0645. The van der Waals surface area contributed by atoms with E-state index in [1.54, 1.807) is 6.07 Å². The van der Waals surface area contributed by atoms with Gasteiger partial charge in [-0.15, -0.1) is 0 Å². The van der Waals surface area contributed by atoms with E-state index in [-0.39, 0.29) is 29.9 Å². The molecule has 1 saturated carbocycles. The lowest BCUT2D eigenvalue weighted by molar-refractivity contribution is 0.0949. The van der Waals surface area contributed by atoms with Crippen LogP contribution in [0.4, 0.5) is 4.39 Å². The third-order valence-corrected chi connectivity index (χ3v) is 4.80. The predicted molar refractivity (Wildman–Crippen MR) is 105 cm³/mol. The average molecular weight is 411 g/mol. The monoisotopic (exact) mass is 411 g/mol. The van der Waals surface area contributed by atoms with E-state index in [0.717, 1.165) is 41.4 Å². The maximum absolute atomic E-state index is 13.1. The zero-order valence-electron chi connectivity index (χ0n) is 15.8. The van der Waals surface area contributed by atoms with Gasteiger partial charge in [0.1, 0.15) is 11.4 Å². The lowest BCUT2D eigenvalue weighted by Crippen LogP contribution is -2.40. The van der Waals surface area contributed by atoms with Gasteiger partial charge in [-0.1, -0.05) is 0 Å². The number of benzene rings is 1. The molecule has 0 aliphatic heterocycles. The molecule has 9 nitrogen and oxygen atoms in total. The van der Waals surface area contributed by atoms with Gasteiger partial charge >= 0.3 is 5.69 Å². The minimum atomic E-state index is -0.839. The number of carbonyl (C=O) groups is 1. The molecule has 10 heteroatoms. The van der Waals surface area contributed by atoms with E-state index in [1.165, 1.54) is 22.9 Å². The van der Waals surface area contributed by atoms with Crippen LogP contribution in [0, 0.1) is 5.82 Å². The van der Waals surface area contributed by atoms with Crippen molar-refractivity contribution in [1.29, 1.82) is 0 Å². The molecule has 0 spiro atoms. The molecule has 2 aromatic heterocycles. The van der Waals surface area contributed by atoms with E-state index >= 15 is 0 Å². The zero-order chi connectivity index (χ0) is 21.3. The van der Waals surface area contributed by atoms with Crippen LogP contribution in [-0.2, 0) is 6.54 Å². The van der Waals surface area contributed by atoms with Gasteiger partial charge in [-0.25, -0.2) is 18.4 Å². The van der Waals surface area contributed by atoms with Crippen molar-refractivity contribution in [1.82, 2.24) is 24.6 Å². The molecule has 4 rings (SSSR count). The molecule has 3 aromatic rings. The van der Waals surface area contributed by atoms with Crippen molar-refractivity contribution in [3.05, 3.63) is 90.9 Å². The summed E-state index contributed by atoms with van der Waals surface area (Å²) in [5, 5.41) is 6.86. The first-order valence-electron chi connectivity index (χ1n) is 9.41. The first kappa shape index (κ1) is 19.5. The fourth-order valence-electron chi connectivity index (χ4n) is 3.05. The Labute approximate surface area is 168 Å². The molecular formula is C20H18FN5O4. The second-order valence-electron chi connectivity index (χ2n) is 6.97. The van der Waals surface area contributed by atoms with Crippen LogP contribution in [0.5, 0.6) is 0 Å². The molecule has 30 heavy (non-hydrogen) atoms. The van der Waals surface area contributed by atoms with Crippen molar-refractivity contribution in [2.24, 2.45) is 0 Å². The Morgan fingerprint density at radius 1 is 1.13 bits per heavy atom. The summed E-state index contributed by atoms with van der Waals surface area (Å²) in [6.45, 7) is 0.204. The lowest BCUT2D eigenvalue weighted by Gasteiger charge is -2.09. The van der Waals surface area contributed by atoms with Crippen LogP contribution in [0.25, 0.3) is 5.69 Å². The number of carbonyl (C=O) groups excluding carboxylic acids is 1. The summed E-state index contributed by atoms with van der Waals surface area (Å²) in [6, 6.07) is 7.90. The van der Waals surface area contributed by atoms with E-state index in [2.05, 4.69) is 15.4 Å². The first-order chi connectivity index (χ1) is 14.4. The standard InChI is InChI=1S/C20H18FN5O4/c21-13-3-5-14(6-4-13)26-19(29)15(11-23-20(26)30)18(28)22-9-10-25-17(27)8-7-16(24-25)12-1-2-12/h3-8,11-12H,1-2,9-10H2,(H,22,28)(H,23,30). The van der Waals surface area contributed by atoms with Crippen molar-refractivity contribution in [2.45, 2.75) is 25.3 Å². The summed E-state index contributed by atoms with van der Waals surface area (Å²) in [4.78, 5) is 51.5. The van der Waals surface area contributed by atoms with E-state index in [4.69, 9.17) is 0 Å². The molecule has 1 fully saturated rings. The largest absolute Gasteiger partial charge is 0.350 e. The highest BCUT2D eigenvalue weighted by Crippen LogP contribution is 2.38. The summed E-state index contributed by atoms with van der Waals surface area (Å²) in [5.41, 5.74) is -1.18. The lowest BCUT2D eigenvalue weighted by atomic mass is 10.2. The van der Waals surface area contributed by atoms with Crippen LogP contribution in [-0.4, -0.2) is 31.8 Å². The van der Waals surface area contributed by atoms with Crippen LogP contribution in [0.15, 0.2) is 57.0 Å². The Morgan fingerprint density at radius 2 is 1.87 bits per heavy atom. The number of nitrogens with zero attached hydrogens (tertiary/aromatic N) is 3. The van der Waals surface area contributed by atoms with Gasteiger partial charge in [0, 0.05) is 24.7 Å². The van der Waals surface area contributed by atoms with Crippen molar-refractivity contribution in [2.75, 3.05) is 6.54 Å². The van der Waals surface area contributed by atoms with Crippen molar-refractivity contribution in [3.8, 4) is 5.69 Å². The number of nitrogens with one attached hydrogen (secondary N) is 2. The summed E-state index contributed by atoms with van der Waals surface area (Å²) in [7, 11) is 0. The minimum Gasteiger partial charge on any atom is -0.350 e. The number of hydrogen-bond acceptors (Lipinski definition) is 5. The van der Waals surface area contributed by atoms with Gasteiger partial charge in [0.15, 0.2) is 0 Å². The normalized spacial score (nSPS) is 13.2. The van der Waals surface area contributed by atoms with Crippen molar-refractivity contribution in [3.63, 3.8) is 0 Å². The first-order valence-corrected chi connectivity index (χ1v) is 9.41. The van der Waals surface area contributed by atoms with Crippen LogP contribution < -0.4 is 22.1 Å². The fraction of sp³-hybridized carbons (Fsp3) is 0.250. The maximum atomic E-state index is 13.1. The highest BCUT2D eigenvalue weighted by atomic mass is 19.1. The number of amides is 1. The summed E-state index contributed by atoms with van der Waals surface area (Å²) in [6.07, 6.45) is 3.13. The SMILES string of the molecule is O=C(NCCn1nc(C2CC2)ccc1=O)c1c[nH]c(=O)n(-c2ccc(F)cc2)c1=O. The van der Waals surface area contributed by atoms with Crippen LogP contribution >= 0.6 is 0 Å². The van der Waals surface area contributed by atoms with E-state index in [9.17, 15) is 23.6 Å². The topological polar surface area (TPSA) is 119 Å². The molecule has 1 aliphatic rings. The molecule has 154 valence electrons. The Bertz CT molecular complexity index is 1270. The van der Waals surface area contributed by atoms with Crippen molar-refractivity contribution >= 4 is 5.91 Å².